The Hall–Kier alpha value is -3.96. The quantitative estimate of drug-likeness (QED) is 0.168. The number of nitrogens with zero attached hydrogens (tertiary/aromatic N) is 1. The number of aliphatic hydroxyl groups is 1. The SMILES string of the molecule is C=CC(=O)OCCCCC(=O)N1CCC[C@H]1C(O)(c1ccc2ccccc2c1)c1ccc2ccccc2c1. The van der Waals surface area contributed by atoms with Crippen molar-refractivity contribution < 1.29 is 19.4 Å². The molecule has 0 aromatic heterocycles. The Labute approximate surface area is 223 Å². The summed E-state index contributed by atoms with van der Waals surface area (Å²) in [5.41, 5.74) is 0.194. The van der Waals surface area contributed by atoms with Crippen LogP contribution in [0.2, 0.25) is 0 Å². The summed E-state index contributed by atoms with van der Waals surface area (Å²) in [6.45, 7) is 4.27. The topological polar surface area (TPSA) is 66.8 Å². The number of benzene rings is 4. The van der Waals surface area contributed by atoms with Crippen molar-refractivity contribution in [2.75, 3.05) is 13.2 Å². The van der Waals surface area contributed by atoms with Gasteiger partial charge in [0.1, 0.15) is 5.60 Å². The van der Waals surface area contributed by atoms with Gasteiger partial charge in [0.05, 0.1) is 12.6 Å². The molecule has 0 aliphatic carbocycles. The van der Waals surface area contributed by atoms with Crippen LogP contribution in [0.5, 0.6) is 0 Å². The Kier molecular flexibility index (Phi) is 7.57. The minimum Gasteiger partial charge on any atom is -0.463 e. The summed E-state index contributed by atoms with van der Waals surface area (Å²) >= 11 is 0. The number of carbonyl (C=O) groups is 2. The average molecular weight is 508 g/mol. The van der Waals surface area contributed by atoms with Crippen LogP contribution in [0, 0.1) is 0 Å². The maximum Gasteiger partial charge on any atom is 0.330 e. The standard InChI is InChI=1S/C33H33NO4/c1-2-32(36)38-21-8-7-15-31(35)34-20-9-14-30(34)33(37,28-18-16-24-10-3-5-12-26(24)22-28)29-19-17-25-11-4-6-13-27(25)23-29/h2-6,10-13,16-19,22-23,30,37H,1,7-9,14-15,20-21H2/t30-/m0/s1. The van der Waals surface area contributed by atoms with Gasteiger partial charge in [-0.05, 0) is 70.5 Å². The molecule has 0 radical (unpaired) electrons. The van der Waals surface area contributed by atoms with Gasteiger partial charge in [0, 0.05) is 19.0 Å². The van der Waals surface area contributed by atoms with E-state index in [0.29, 0.717) is 32.2 Å². The largest absolute Gasteiger partial charge is 0.463 e. The molecule has 1 aliphatic heterocycles. The number of hydrogen-bond donors (Lipinski definition) is 1. The predicted molar refractivity (Wildman–Crippen MR) is 151 cm³/mol. The molecule has 1 atom stereocenters. The molecular weight excluding hydrogens is 474 g/mol. The molecule has 1 N–H and O–H groups in total. The second kappa shape index (κ2) is 11.2. The normalized spacial score (nSPS) is 15.6. The lowest BCUT2D eigenvalue weighted by Gasteiger charge is -2.40. The van der Waals surface area contributed by atoms with E-state index in [1.165, 1.54) is 0 Å². The van der Waals surface area contributed by atoms with Gasteiger partial charge < -0.3 is 14.7 Å². The number of ether oxygens (including phenoxy) is 1. The molecule has 1 fully saturated rings. The fourth-order valence-electron chi connectivity index (χ4n) is 5.66. The minimum atomic E-state index is -1.38. The van der Waals surface area contributed by atoms with Gasteiger partial charge in [-0.2, -0.15) is 0 Å². The van der Waals surface area contributed by atoms with Gasteiger partial charge in [-0.3, -0.25) is 4.79 Å². The van der Waals surface area contributed by atoms with Crippen molar-refractivity contribution in [1.82, 2.24) is 4.90 Å². The molecule has 0 bridgehead atoms. The van der Waals surface area contributed by atoms with Crippen LogP contribution in [-0.2, 0) is 19.9 Å². The van der Waals surface area contributed by atoms with Crippen LogP contribution < -0.4 is 0 Å². The minimum absolute atomic E-state index is 0.0163. The molecule has 5 rings (SSSR count). The second-order valence-corrected chi connectivity index (χ2v) is 9.96. The zero-order chi connectivity index (χ0) is 26.5. The molecule has 4 aromatic carbocycles. The Morgan fingerprint density at radius 3 is 2.05 bits per heavy atom. The van der Waals surface area contributed by atoms with E-state index < -0.39 is 17.6 Å². The molecule has 4 aromatic rings. The Morgan fingerprint density at radius 2 is 1.47 bits per heavy atom. The van der Waals surface area contributed by atoms with Crippen molar-refractivity contribution in [1.29, 1.82) is 0 Å². The summed E-state index contributed by atoms with van der Waals surface area (Å²) in [5, 5.41) is 17.0. The lowest BCUT2D eigenvalue weighted by Crippen LogP contribution is -2.50. The first-order valence-electron chi connectivity index (χ1n) is 13.3. The lowest BCUT2D eigenvalue weighted by atomic mass is 9.77. The van der Waals surface area contributed by atoms with E-state index in [1.807, 2.05) is 53.4 Å². The monoisotopic (exact) mass is 507 g/mol. The second-order valence-electron chi connectivity index (χ2n) is 9.96. The molecular formula is C33H33NO4. The van der Waals surface area contributed by atoms with Crippen molar-refractivity contribution in [2.24, 2.45) is 0 Å². The van der Waals surface area contributed by atoms with Gasteiger partial charge >= 0.3 is 5.97 Å². The lowest BCUT2D eigenvalue weighted by molar-refractivity contribution is -0.138. The third-order valence-electron chi connectivity index (χ3n) is 7.63. The fraction of sp³-hybridized carbons (Fsp3) is 0.273. The van der Waals surface area contributed by atoms with Crippen LogP contribution in [-0.4, -0.2) is 41.1 Å². The number of rotatable bonds is 9. The molecule has 1 heterocycles. The first-order valence-corrected chi connectivity index (χ1v) is 13.3. The van der Waals surface area contributed by atoms with Gasteiger partial charge in [0.2, 0.25) is 5.91 Å². The highest BCUT2D eigenvalue weighted by Gasteiger charge is 2.47. The van der Waals surface area contributed by atoms with Crippen LogP contribution in [0.3, 0.4) is 0 Å². The summed E-state index contributed by atoms with van der Waals surface area (Å²) in [5.74, 6) is -0.436. The summed E-state index contributed by atoms with van der Waals surface area (Å²) in [4.78, 5) is 26.6. The first kappa shape index (κ1) is 25.7. The maximum atomic E-state index is 13.4. The number of carbonyl (C=O) groups excluding carboxylic acids is 2. The van der Waals surface area contributed by atoms with Crippen LogP contribution in [0.1, 0.15) is 43.2 Å². The van der Waals surface area contributed by atoms with Gasteiger partial charge in [0.15, 0.2) is 0 Å². The van der Waals surface area contributed by atoms with Gasteiger partial charge in [-0.25, -0.2) is 4.79 Å². The molecule has 1 aliphatic rings. The first-order chi connectivity index (χ1) is 18.5. The Balaban J connectivity index is 1.48. The third kappa shape index (κ3) is 5.07. The van der Waals surface area contributed by atoms with E-state index in [-0.39, 0.29) is 12.5 Å². The smallest absolute Gasteiger partial charge is 0.330 e. The van der Waals surface area contributed by atoms with Crippen molar-refractivity contribution in [3.8, 4) is 0 Å². The van der Waals surface area contributed by atoms with E-state index in [0.717, 1.165) is 45.2 Å². The van der Waals surface area contributed by atoms with Crippen molar-refractivity contribution in [3.63, 3.8) is 0 Å². The third-order valence-corrected chi connectivity index (χ3v) is 7.63. The molecule has 194 valence electrons. The number of esters is 1. The zero-order valence-electron chi connectivity index (χ0n) is 21.5. The molecule has 5 nitrogen and oxygen atoms in total. The van der Waals surface area contributed by atoms with E-state index in [9.17, 15) is 14.7 Å². The highest BCUT2D eigenvalue weighted by atomic mass is 16.5. The van der Waals surface area contributed by atoms with Crippen LogP contribution in [0.25, 0.3) is 21.5 Å². The van der Waals surface area contributed by atoms with Gasteiger partial charge in [-0.1, -0.05) is 79.4 Å². The fourth-order valence-corrected chi connectivity index (χ4v) is 5.66. The maximum absolute atomic E-state index is 13.4. The van der Waals surface area contributed by atoms with E-state index in [1.54, 1.807) is 0 Å². The molecule has 5 heteroatoms. The van der Waals surface area contributed by atoms with Crippen molar-refractivity contribution in [2.45, 2.75) is 43.7 Å². The molecule has 0 unspecified atom stereocenters. The van der Waals surface area contributed by atoms with Crippen molar-refractivity contribution >= 4 is 33.4 Å². The Bertz CT molecular complexity index is 1400. The molecule has 0 spiro atoms. The molecule has 1 amide bonds. The highest BCUT2D eigenvalue weighted by Crippen LogP contribution is 2.42. The number of unbranched alkanes of at least 4 members (excludes halogenated alkanes) is 1. The zero-order valence-corrected chi connectivity index (χ0v) is 21.5. The van der Waals surface area contributed by atoms with Crippen molar-refractivity contribution in [3.05, 3.63) is 109 Å². The van der Waals surface area contributed by atoms with Crippen LogP contribution >= 0.6 is 0 Å². The van der Waals surface area contributed by atoms with Gasteiger partial charge in [0.25, 0.3) is 0 Å². The average Bonchev–Trinajstić information content (AvgIpc) is 3.46. The number of likely N-dealkylation sites (tertiary alicyclic amines) is 1. The van der Waals surface area contributed by atoms with Crippen LogP contribution in [0.4, 0.5) is 0 Å². The summed E-state index contributed by atoms with van der Waals surface area (Å²) in [6.07, 6.45) is 4.23. The highest BCUT2D eigenvalue weighted by molar-refractivity contribution is 5.85. The summed E-state index contributed by atoms with van der Waals surface area (Å²) in [7, 11) is 0. The summed E-state index contributed by atoms with van der Waals surface area (Å²) < 4.78 is 5.04. The van der Waals surface area contributed by atoms with Crippen LogP contribution in [0.15, 0.2) is 97.6 Å². The predicted octanol–water partition coefficient (Wildman–Crippen LogP) is 6.12. The summed E-state index contributed by atoms with van der Waals surface area (Å²) in [6, 6.07) is 28.0. The number of fused-ring (bicyclic) bond motifs is 2. The van der Waals surface area contributed by atoms with E-state index in [4.69, 9.17) is 4.74 Å². The number of hydrogen-bond acceptors (Lipinski definition) is 4. The number of amides is 1. The molecule has 1 saturated heterocycles. The van der Waals surface area contributed by atoms with Gasteiger partial charge in [-0.15, -0.1) is 0 Å². The Morgan fingerprint density at radius 1 is 0.895 bits per heavy atom. The molecule has 38 heavy (non-hydrogen) atoms. The van der Waals surface area contributed by atoms with E-state index in [2.05, 4.69) is 43.0 Å². The van der Waals surface area contributed by atoms with E-state index >= 15 is 0 Å². The molecule has 0 saturated carbocycles.